The molecule has 31 heavy (non-hydrogen) atoms. The number of quaternary nitrogens is 1. The lowest BCUT2D eigenvalue weighted by atomic mass is 10.1. The summed E-state index contributed by atoms with van der Waals surface area (Å²) in [5.74, 6) is -1.86. The number of aliphatic carboxylic acids is 1. The average Bonchev–Trinajstić information content (AvgIpc) is 3.01. The highest BCUT2D eigenvalue weighted by Crippen LogP contribution is 2.38. The Morgan fingerprint density at radius 3 is 2.39 bits per heavy atom. The van der Waals surface area contributed by atoms with Gasteiger partial charge in [0.15, 0.2) is 0 Å². The van der Waals surface area contributed by atoms with E-state index >= 15 is 0 Å². The second-order valence-electron chi connectivity index (χ2n) is 7.40. The highest BCUT2D eigenvalue weighted by molar-refractivity contribution is 6.36. The van der Waals surface area contributed by atoms with Crippen LogP contribution >= 0.6 is 23.2 Å². The Hall–Kier alpha value is -2.87. The van der Waals surface area contributed by atoms with Crippen molar-refractivity contribution < 1.29 is 19.4 Å². The fourth-order valence-electron chi connectivity index (χ4n) is 3.66. The summed E-state index contributed by atoms with van der Waals surface area (Å²) < 4.78 is 5.27. The molecule has 0 aromatic heterocycles. The largest absolute Gasteiger partial charge is 0.474 e. The summed E-state index contributed by atoms with van der Waals surface area (Å²) in [5, 5.41) is 13.3. The summed E-state index contributed by atoms with van der Waals surface area (Å²) in [6, 6.07) is 13.6. The highest BCUT2D eigenvalue weighted by atomic mass is 35.5. The summed E-state index contributed by atoms with van der Waals surface area (Å²) in [6.45, 7) is 4.30. The van der Waals surface area contributed by atoms with Gasteiger partial charge in [0.2, 0.25) is 5.82 Å². The first-order valence-corrected chi connectivity index (χ1v) is 10.3. The number of rotatable bonds is 6. The molecule has 1 amide bonds. The lowest BCUT2D eigenvalue weighted by molar-refractivity contribution is -0.134. The number of para-hydroxylation sites is 1. The van der Waals surface area contributed by atoms with Gasteiger partial charge in [-0.05, 0) is 18.2 Å². The number of hydrogen-bond donors (Lipinski definition) is 2. The molecule has 2 aromatic carbocycles. The maximum absolute atomic E-state index is 12.9. The number of halogens is 2. The number of aliphatic imine (C=N–C) groups is 1. The Morgan fingerprint density at radius 1 is 1.16 bits per heavy atom. The Balaban J connectivity index is 2.17. The number of nitrogens with one attached hydrogen (secondary N) is 1. The van der Waals surface area contributed by atoms with Crippen molar-refractivity contribution in [2.75, 3.05) is 13.7 Å². The van der Waals surface area contributed by atoms with Gasteiger partial charge in [0.25, 0.3) is 11.6 Å². The van der Waals surface area contributed by atoms with E-state index in [4.69, 9.17) is 27.9 Å². The number of nitrogens with zero attached hydrogens (tertiary/aromatic N) is 2. The zero-order valence-electron chi connectivity index (χ0n) is 17.2. The van der Waals surface area contributed by atoms with Crippen molar-refractivity contribution in [1.29, 1.82) is 0 Å². The Bertz CT molecular complexity index is 1080. The van der Waals surface area contributed by atoms with Gasteiger partial charge >= 0.3 is 12.0 Å². The molecule has 1 heterocycles. The van der Waals surface area contributed by atoms with E-state index in [1.54, 1.807) is 12.1 Å². The molecule has 7 nitrogen and oxygen atoms in total. The van der Waals surface area contributed by atoms with Gasteiger partial charge in [0.05, 0.1) is 24.2 Å². The van der Waals surface area contributed by atoms with Crippen LogP contribution in [0.2, 0.25) is 10.0 Å². The lowest BCUT2D eigenvalue weighted by Gasteiger charge is -2.33. The minimum absolute atomic E-state index is 0.0793. The van der Waals surface area contributed by atoms with Gasteiger partial charge in [-0.3, -0.25) is 4.79 Å². The van der Waals surface area contributed by atoms with Crippen LogP contribution < -0.4 is 9.80 Å². The minimum Gasteiger partial charge on any atom is -0.474 e. The molecular formula is C22H22Cl2N3O4+. The van der Waals surface area contributed by atoms with Crippen LogP contribution in [0.5, 0.6) is 0 Å². The molecule has 2 N–H and O–H groups in total. The zero-order valence-corrected chi connectivity index (χ0v) is 18.7. The molecule has 1 atom stereocenters. The van der Waals surface area contributed by atoms with Crippen molar-refractivity contribution in [1.82, 2.24) is 9.80 Å². The number of methoxy groups -OCH3 is 1. The molecule has 2 aromatic rings. The van der Waals surface area contributed by atoms with Crippen LogP contribution in [-0.2, 0) is 9.53 Å². The third-order valence-electron chi connectivity index (χ3n) is 4.77. The second-order valence-corrected chi connectivity index (χ2v) is 8.24. The van der Waals surface area contributed by atoms with Gasteiger partial charge in [-0.1, -0.05) is 55.2 Å². The van der Waals surface area contributed by atoms with Crippen LogP contribution in [0.25, 0.3) is 0 Å². The quantitative estimate of drug-likeness (QED) is 0.611. The molecular weight excluding hydrogens is 441 g/mol. The van der Waals surface area contributed by atoms with Crippen LogP contribution in [-0.4, -0.2) is 36.7 Å². The van der Waals surface area contributed by atoms with Crippen molar-refractivity contribution in [2.24, 2.45) is 10.9 Å². The average molecular weight is 463 g/mol. The van der Waals surface area contributed by atoms with Crippen molar-refractivity contribution >= 4 is 46.8 Å². The lowest BCUT2D eigenvalue weighted by Crippen LogP contribution is -2.56. The molecule has 1 aliphatic heterocycles. The third kappa shape index (κ3) is 4.30. The summed E-state index contributed by atoms with van der Waals surface area (Å²) >= 11 is 12.0. The van der Waals surface area contributed by atoms with Crippen LogP contribution in [0, 0.1) is 5.92 Å². The van der Waals surface area contributed by atoms with Gasteiger partial charge in [-0.25, -0.2) is 4.79 Å². The van der Waals surface area contributed by atoms with E-state index in [0.29, 0.717) is 17.3 Å². The third-order valence-corrected chi connectivity index (χ3v) is 5.32. The molecule has 0 spiro atoms. The monoisotopic (exact) mass is 462 g/mol. The van der Waals surface area contributed by atoms with Gasteiger partial charge < -0.3 is 15.2 Å². The molecule has 1 aliphatic rings. The van der Waals surface area contributed by atoms with Crippen molar-refractivity contribution in [3.05, 3.63) is 75.7 Å². The number of carbonyl (C=O) groups is 2. The van der Waals surface area contributed by atoms with Gasteiger partial charge in [0.1, 0.15) is 5.69 Å². The molecule has 0 bridgehead atoms. The minimum atomic E-state index is -1.22. The van der Waals surface area contributed by atoms with E-state index in [9.17, 15) is 14.7 Å². The predicted molar refractivity (Wildman–Crippen MR) is 121 cm³/mol. The van der Waals surface area contributed by atoms with Crippen molar-refractivity contribution in [3.8, 4) is 0 Å². The fourth-order valence-corrected chi connectivity index (χ4v) is 4.15. The molecule has 0 saturated carbocycles. The van der Waals surface area contributed by atoms with Gasteiger partial charge in [-0.2, -0.15) is 4.48 Å². The Labute approximate surface area is 190 Å². The van der Waals surface area contributed by atoms with E-state index in [0.717, 1.165) is 0 Å². The van der Waals surface area contributed by atoms with E-state index in [1.165, 1.54) is 25.3 Å². The first-order valence-electron chi connectivity index (χ1n) is 9.52. The summed E-state index contributed by atoms with van der Waals surface area (Å²) in [6.07, 6.45) is 0. The first kappa shape index (κ1) is 22.8. The Kier molecular flexibility index (Phi) is 6.69. The fraction of sp³-hybridized carbons (Fsp3) is 0.227. The van der Waals surface area contributed by atoms with E-state index in [1.807, 2.05) is 32.0 Å². The topological polar surface area (TPSA) is 88.0 Å². The molecule has 0 fully saturated rings. The molecule has 0 saturated heterocycles. The number of hydrogen-bond acceptors (Lipinski definition) is 4. The number of carbonyl (C=O) groups excluding carboxylic acids is 1. The maximum Gasteiger partial charge on any atom is 0.411 e. The Morgan fingerprint density at radius 2 is 1.84 bits per heavy atom. The number of amidine groups is 1. The highest BCUT2D eigenvalue weighted by Gasteiger charge is 2.54. The SMILES string of the molecule is COC1=NC(NC(=O)c2ccc(Cl)cc2Cl)=C(C(=O)O)[N+]1(CC(C)C)c1ccccc1. The van der Waals surface area contributed by atoms with E-state index in [2.05, 4.69) is 10.3 Å². The smallest absolute Gasteiger partial charge is 0.411 e. The molecule has 9 heteroatoms. The first-order chi connectivity index (χ1) is 14.7. The summed E-state index contributed by atoms with van der Waals surface area (Å²) in [7, 11) is 1.43. The van der Waals surface area contributed by atoms with E-state index in [-0.39, 0.29) is 38.5 Å². The number of carboxylic acids is 1. The molecule has 162 valence electrons. The molecule has 1 unspecified atom stereocenters. The van der Waals surface area contributed by atoms with Crippen molar-refractivity contribution in [2.45, 2.75) is 13.8 Å². The van der Waals surface area contributed by atoms with E-state index < -0.39 is 11.9 Å². The predicted octanol–water partition coefficient (Wildman–Crippen LogP) is 4.66. The second kappa shape index (κ2) is 9.09. The standard InChI is InChI=1S/C22H21Cl2N3O4/c1-13(2)12-27(15-7-5-4-6-8-15)18(21(29)30)19(26-22(27)31-3)25-20(28)16-10-9-14(23)11-17(16)24/h4-11,13H,12H2,1-3H3,(H-,25,28,29,30)/p+1. The van der Waals surface area contributed by atoms with Crippen LogP contribution in [0.4, 0.5) is 5.69 Å². The number of amides is 1. The number of ether oxygens (including phenoxy) is 1. The van der Waals surface area contributed by atoms with Crippen LogP contribution in [0.1, 0.15) is 24.2 Å². The summed E-state index contributed by atoms with van der Waals surface area (Å²) in [5.41, 5.74) is 0.684. The number of carboxylic acid groups (broad SMARTS) is 1. The molecule has 3 rings (SSSR count). The normalized spacial score (nSPS) is 18.2. The maximum atomic E-state index is 12.9. The molecule has 0 aliphatic carbocycles. The van der Waals surface area contributed by atoms with Crippen molar-refractivity contribution in [3.63, 3.8) is 0 Å². The van der Waals surface area contributed by atoms with Gasteiger partial charge in [0, 0.05) is 23.1 Å². The number of benzene rings is 2. The van der Waals surface area contributed by atoms with Crippen LogP contribution in [0.3, 0.4) is 0 Å². The molecule has 0 radical (unpaired) electrons. The zero-order chi connectivity index (χ0) is 22.8. The van der Waals surface area contributed by atoms with Crippen LogP contribution in [0.15, 0.2) is 65.0 Å². The summed E-state index contributed by atoms with van der Waals surface area (Å²) in [4.78, 5) is 29.7. The van der Waals surface area contributed by atoms with Gasteiger partial charge in [-0.15, -0.1) is 4.99 Å².